The first-order chi connectivity index (χ1) is 6.69. The zero-order valence-corrected chi connectivity index (χ0v) is 9.50. The fourth-order valence-electron chi connectivity index (χ4n) is 1.97. The van der Waals surface area contributed by atoms with Crippen molar-refractivity contribution in [3.05, 3.63) is 34.3 Å². The van der Waals surface area contributed by atoms with E-state index in [1.165, 1.54) is 5.56 Å². The molecule has 2 rings (SSSR count). The van der Waals surface area contributed by atoms with Gasteiger partial charge in [0.25, 0.3) is 0 Å². The summed E-state index contributed by atoms with van der Waals surface area (Å²) in [7, 11) is 0. The number of nitrogens with two attached hydrogens (primary N) is 1. The highest BCUT2D eigenvalue weighted by Gasteiger charge is 2.49. The molecule has 1 saturated carbocycles. The van der Waals surface area contributed by atoms with Crippen LogP contribution in [0.4, 0.5) is 0 Å². The van der Waals surface area contributed by atoms with Gasteiger partial charge in [0.2, 0.25) is 0 Å². The molecule has 0 spiro atoms. The largest absolute Gasteiger partial charge is 0.391 e. The van der Waals surface area contributed by atoms with Crippen LogP contribution in [0.3, 0.4) is 0 Å². The van der Waals surface area contributed by atoms with E-state index in [0.717, 1.165) is 17.3 Å². The highest BCUT2D eigenvalue weighted by molar-refractivity contribution is 9.10. The van der Waals surface area contributed by atoms with E-state index in [-0.39, 0.29) is 5.41 Å². The van der Waals surface area contributed by atoms with Crippen molar-refractivity contribution in [3.8, 4) is 0 Å². The highest BCUT2D eigenvalue weighted by atomic mass is 79.9. The van der Waals surface area contributed by atoms with Gasteiger partial charge in [-0.2, -0.15) is 0 Å². The molecule has 3 N–H and O–H groups in total. The molecule has 1 aliphatic carbocycles. The summed E-state index contributed by atoms with van der Waals surface area (Å²) in [5, 5.41) is 9.85. The number of benzene rings is 1. The summed E-state index contributed by atoms with van der Waals surface area (Å²) in [6, 6.07) is 8.14. The van der Waals surface area contributed by atoms with E-state index >= 15 is 0 Å². The molecule has 1 aliphatic rings. The molecule has 0 saturated heterocycles. The van der Waals surface area contributed by atoms with Crippen molar-refractivity contribution in [3.63, 3.8) is 0 Å². The quantitative estimate of drug-likeness (QED) is 0.866. The average molecular weight is 256 g/mol. The fraction of sp³-hybridized carbons (Fsp3) is 0.455. The van der Waals surface area contributed by atoms with Gasteiger partial charge >= 0.3 is 0 Å². The average Bonchev–Trinajstić information content (AvgIpc) is 2.97. The van der Waals surface area contributed by atoms with Crippen LogP contribution in [-0.2, 0) is 5.41 Å². The molecular formula is C11H14BrNO. The fourth-order valence-corrected chi connectivity index (χ4v) is 2.37. The van der Waals surface area contributed by atoms with E-state index in [1.807, 2.05) is 12.1 Å². The lowest BCUT2D eigenvalue weighted by atomic mass is 9.90. The summed E-state index contributed by atoms with van der Waals surface area (Å²) in [4.78, 5) is 0. The number of aliphatic hydroxyl groups excluding tert-OH is 1. The van der Waals surface area contributed by atoms with E-state index in [9.17, 15) is 5.11 Å². The molecule has 1 aromatic rings. The minimum atomic E-state index is -0.406. The Balaban J connectivity index is 2.30. The van der Waals surface area contributed by atoms with Crippen LogP contribution in [0.2, 0.25) is 0 Å². The van der Waals surface area contributed by atoms with Crippen LogP contribution in [0, 0.1) is 0 Å². The first-order valence-electron chi connectivity index (χ1n) is 4.83. The second-order valence-electron chi connectivity index (χ2n) is 3.92. The number of rotatable bonds is 3. The molecule has 0 radical (unpaired) electrons. The summed E-state index contributed by atoms with van der Waals surface area (Å²) < 4.78 is 1.06. The van der Waals surface area contributed by atoms with Gasteiger partial charge in [-0.25, -0.2) is 0 Å². The lowest BCUT2D eigenvalue weighted by Gasteiger charge is -2.21. The molecule has 1 fully saturated rings. The van der Waals surface area contributed by atoms with Gasteiger partial charge in [-0.15, -0.1) is 0 Å². The van der Waals surface area contributed by atoms with Crippen molar-refractivity contribution in [1.82, 2.24) is 0 Å². The Labute approximate surface area is 92.3 Å². The molecule has 76 valence electrons. The molecular weight excluding hydrogens is 242 g/mol. The number of hydrogen-bond acceptors (Lipinski definition) is 2. The van der Waals surface area contributed by atoms with Crippen LogP contribution >= 0.6 is 15.9 Å². The third-order valence-corrected chi connectivity index (χ3v) is 3.54. The number of halogens is 1. The number of hydrogen-bond donors (Lipinski definition) is 2. The van der Waals surface area contributed by atoms with E-state index in [1.54, 1.807) is 0 Å². The minimum Gasteiger partial charge on any atom is -0.391 e. The second kappa shape index (κ2) is 3.65. The zero-order valence-electron chi connectivity index (χ0n) is 7.91. The Morgan fingerprint density at radius 2 is 2.21 bits per heavy atom. The maximum absolute atomic E-state index is 9.85. The van der Waals surface area contributed by atoms with Gasteiger partial charge in [0.1, 0.15) is 0 Å². The van der Waals surface area contributed by atoms with Crippen LogP contribution in [0.15, 0.2) is 28.7 Å². The summed E-state index contributed by atoms with van der Waals surface area (Å²) in [5.41, 5.74) is 6.65. The minimum absolute atomic E-state index is 0.0570. The van der Waals surface area contributed by atoms with Crippen molar-refractivity contribution >= 4 is 15.9 Å². The van der Waals surface area contributed by atoms with Crippen LogP contribution in [0.1, 0.15) is 18.4 Å². The van der Waals surface area contributed by atoms with Gasteiger partial charge in [0.15, 0.2) is 0 Å². The first-order valence-corrected chi connectivity index (χ1v) is 5.62. The second-order valence-corrected chi connectivity index (χ2v) is 4.83. The lowest BCUT2D eigenvalue weighted by molar-refractivity contribution is 0.139. The standard InChI is InChI=1S/C11H14BrNO/c12-9-3-1-2-8(6-9)11(4-5-11)10(14)7-13/h1-3,6,10,14H,4-5,7,13H2. The predicted molar refractivity (Wildman–Crippen MR) is 60.1 cm³/mol. The molecule has 1 unspecified atom stereocenters. The SMILES string of the molecule is NCC(O)C1(c2cccc(Br)c2)CC1. The molecule has 3 heteroatoms. The Kier molecular flexibility index (Phi) is 2.64. The van der Waals surface area contributed by atoms with Gasteiger partial charge < -0.3 is 10.8 Å². The normalized spacial score (nSPS) is 20.5. The molecule has 0 bridgehead atoms. The van der Waals surface area contributed by atoms with Crippen LogP contribution in [0.5, 0.6) is 0 Å². The van der Waals surface area contributed by atoms with Crippen LogP contribution in [-0.4, -0.2) is 17.8 Å². The van der Waals surface area contributed by atoms with Crippen molar-refractivity contribution in [1.29, 1.82) is 0 Å². The first kappa shape index (κ1) is 10.1. The number of aliphatic hydroxyl groups is 1. The molecule has 1 atom stereocenters. The third kappa shape index (κ3) is 1.60. The van der Waals surface area contributed by atoms with Crippen molar-refractivity contribution in [2.75, 3.05) is 6.54 Å². The maximum Gasteiger partial charge on any atom is 0.0758 e. The Hall–Kier alpha value is -0.380. The lowest BCUT2D eigenvalue weighted by Crippen LogP contribution is -2.33. The predicted octanol–water partition coefficient (Wildman–Crippen LogP) is 1.80. The third-order valence-electron chi connectivity index (χ3n) is 3.05. The van der Waals surface area contributed by atoms with Crippen molar-refractivity contribution in [2.45, 2.75) is 24.4 Å². The van der Waals surface area contributed by atoms with Crippen LogP contribution in [0.25, 0.3) is 0 Å². The highest BCUT2D eigenvalue weighted by Crippen LogP contribution is 2.51. The van der Waals surface area contributed by atoms with Crippen molar-refractivity contribution < 1.29 is 5.11 Å². The molecule has 0 aromatic heterocycles. The topological polar surface area (TPSA) is 46.2 Å². The van der Waals surface area contributed by atoms with Gasteiger partial charge in [-0.3, -0.25) is 0 Å². The monoisotopic (exact) mass is 255 g/mol. The Morgan fingerprint density at radius 1 is 1.50 bits per heavy atom. The van der Waals surface area contributed by atoms with Gasteiger partial charge in [-0.05, 0) is 30.5 Å². The maximum atomic E-state index is 9.85. The Bertz CT molecular complexity index is 336. The van der Waals surface area contributed by atoms with Crippen molar-refractivity contribution in [2.24, 2.45) is 5.73 Å². The van der Waals surface area contributed by atoms with Gasteiger partial charge in [-0.1, -0.05) is 28.1 Å². The molecule has 0 heterocycles. The summed E-state index contributed by atoms with van der Waals surface area (Å²) in [6.07, 6.45) is 1.68. The zero-order chi connectivity index (χ0) is 10.2. The van der Waals surface area contributed by atoms with E-state index in [0.29, 0.717) is 6.54 Å². The van der Waals surface area contributed by atoms with E-state index in [2.05, 4.69) is 28.1 Å². The molecule has 0 amide bonds. The van der Waals surface area contributed by atoms with E-state index in [4.69, 9.17) is 5.73 Å². The molecule has 2 nitrogen and oxygen atoms in total. The van der Waals surface area contributed by atoms with Gasteiger partial charge in [0.05, 0.1) is 6.10 Å². The van der Waals surface area contributed by atoms with E-state index < -0.39 is 6.10 Å². The Morgan fingerprint density at radius 3 is 2.71 bits per heavy atom. The molecule has 14 heavy (non-hydrogen) atoms. The van der Waals surface area contributed by atoms with Gasteiger partial charge in [0, 0.05) is 16.4 Å². The molecule has 1 aromatic carbocycles. The summed E-state index contributed by atoms with van der Waals surface area (Å²) in [6.45, 7) is 0.340. The summed E-state index contributed by atoms with van der Waals surface area (Å²) >= 11 is 3.44. The van der Waals surface area contributed by atoms with Crippen LogP contribution < -0.4 is 5.73 Å². The molecule has 0 aliphatic heterocycles. The smallest absolute Gasteiger partial charge is 0.0758 e. The summed E-state index contributed by atoms with van der Waals surface area (Å²) in [5.74, 6) is 0.